The Bertz CT molecular complexity index is 3250. The van der Waals surface area contributed by atoms with Crippen LogP contribution in [0.3, 0.4) is 0 Å². The molecule has 0 aromatic rings. The standard InChI is InChI=1S/C95H168N4O23/c1-33-67-46(12)42(8)50(16)87(107-67)119-83-57(23)76(96-63(29)100)92(112-72(83)38-6)105-41-75-56(22)81(117-95-79(99-66(32)103)86(54(20)71(37-5)111-95)122-89-52(18)44(10)48(14)69(35-3)109-89)60(26)91(115-75)120-84-58(24)77(97-64(30)101)93(113-73(84)39-7)104-40-74-55(21)80(59(25)90(114-74)118-82-49(15)45(11)61(27)106-62(82)28)116-94-78(98-65(31)102)85(53(19)70(36-4)110-94)121-88-51(17)43(9)47(13)68(34-2)108-88/h42-62,67-95H,33-41H2,1-32H3,(H,96,100)(H,97,101)(H,98,102)(H,99,103). The molecule has 10 aliphatic rings. The average Bonchev–Trinajstić information content (AvgIpc) is 0.762. The van der Waals surface area contributed by atoms with E-state index in [1.165, 1.54) is 27.7 Å². The molecule has 122 heavy (non-hydrogen) atoms. The van der Waals surface area contributed by atoms with Crippen molar-refractivity contribution in [1.82, 2.24) is 21.3 Å². The van der Waals surface area contributed by atoms with Gasteiger partial charge >= 0.3 is 0 Å². The van der Waals surface area contributed by atoms with Crippen LogP contribution in [0.1, 0.15) is 267 Å². The summed E-state index contributed by atoms with van der Waals surface area (Å²) in [5.74, 6) is -1.46. The van der Waals surface area contributed by atoms with Gasteiger partial charge in [-0.2, -0.15) is 0 Å². The number of hydrogen-bond donors (Lipinski definition) is 4. The van der Waals surface area contributed by atoms with Crippen LogP contribution >= 0.6 is 0 Å². The van der Waals surface area contributed by atoms with E-state index in [9.17, 15) is 19.2 Å². The van der Waals surface area contributed by atoms with Crippen LogP contribution in [0.4, 0.5) is 0 Å². The molecule has 10 fully saturated rings. The van der Waals surface area contributed by atoms with Gasteiger partial charge in [0.05, 0.1) is 135 Å². The summed E-state index contributed by atoms with van der Waals surface area (Å²) in [6.45, 7) is 66.1. The monoisotopic (exact) mass is 1730 g/mol. The first-order valence-electron chi connectivity index (χ1n) is 48.1. The third-order valence-corrected chi connectivity index (χ3v) is 32.1. The van der Waals surface area contributed by atoms with Gasteiger partial charge < -0.3 is 111 Å². The van der Waals surface area contributed by atoms with Crippen molar-refractivity contribution < 1.29 is 109 Å². The van der Waals surface area contributed by atoms with E-state index in [2.05, 4.69) is 194 Å². The fourth-order valence-electron chi connectivity index (χ4n) is 22.4. The van der Waals surface area contributed by atoms with E-state index >= 15 is 0 Å². The maximum absolute atomic E-state index is 13.9. The number of amides is 4. The number of hydrogen-bond acceptors (Lipinski definition) is 23. The van der Waals surface area contributed by atoms with E-state index in [4.69, 9.17) is 90.0 Å². The third kappa shape index (κ3) is 22.5. The van der Waals surface area contributed by atoms with E-state index in [0.29, 0.717) is 61.2 Å². The summed E-state index contributed by atoms with van der Waals surface area (Å²) >= 11 is 0. The van der Waals surface area contributed by atoms with Crippen molar-refractivity contribution in [3.8, 4) is 0 Å². The van der Waals surface area contributed by atoms with Crippen molar-refractivity contribution in [2.45, 2.75) is 457 Å². The summed E-state index contributed by atoms with van der Waals surface area (Å²) in [4.78, 5) is 54.6. The molecule has 0 aromatic heterocycles. The van der Waals surface area contributed by atoms with Gasteiger partial charge in [-0.3, -0.25) is 19.2 Å². The van der Waals surface area contributed by atoms with Crippen molar-refractivity contribution in [3.05, 3.63) is 0 Å². The van der Waals surface area contributed by atoms with Crippen LogP contribution in [0.15, 0.2) is 0 Å². The van der Waals surface area contributed by atoms with Crippen molar-refractivity contribution in [2.24, 2.45) is 112 Å². The first-order chi connectivity index (χ1) is 57.7. The van der Waals surface area contributed by atoms with Gasteiger partial charge in [0.1, 0.15) is 12.1 Å². The lowest BCUT2D eigenvalue weighted by Crippen LogP contribution is -2.66. The van der Waals surface area contributed by atoms with E-state index in [1.54, 1.807) is 0 Å². The fourth-order valence-corrected chi connectivity index (χ4v) is 22.4. The Morgan fingerprint density at radius 3 is 0.762 bits per heavy atom. The predicted molar refractivity (Wildman–Crippen MR) is 461 cm³/mol. The molecule has 0 aromatic carbocycles. The summed E-state index contributed by atoms with van der Waals surface area (Å²) in [6, 6.07) is -2.94. The van der Waals surface area contributed by atoms with Crippen LogP contribution in [0.25, 0.3) is 0 Å². The maximum Gasteiger partial charge on any atom is 0.217 e. The van der Waals surface area contributed by atoms with E-state index in [-0.39, 0.29) is 139 Å². The zero-order valence-electron chi connectivity index (χ0n) is 80.6. The smallest absolute Gasteiger partial charge is 0.217 e. The molecule has 0 aliphatic carbocycles. The first-order valence-corrected chi connectivity index (χ1v) is 48.1. The van der Waals surface area contributed by atoms with Gasteiger partial charge in [-0.15, -0.1) is 0 Å². The lowest BCUT2D eigenvalue weighted by molar-refractivity contribution is -0.362. The molecule has 0 saturated carbocycles. The van der Waals surface area contributed by atoms with Gasteiger partial charge in [0.2, 0.25) is 23.6 Å². The first kappa shape index (κ1) is 101. The molecule has 0 bridgehead atoms. The summed E-state index contributed by atoms with van der Waals surface area (Å²) in [6.07, 6.45) is -9.75. The van der Waals surface area contributed by atoms with Crippen molar-refractivity contribution >= 4 is 23.6 Å². The Morgan fingerprint density at radius 1 is 0.205 bits per heavy atom. The Labute approximate surface area is 733 Å². The Hall–Kier alpha value is -2.88. The third-order valence-electron chi connectivity index (χ3n) is 32.1. The van der Waals surface area contributed by atoms with E-state index < -0.39 is 165 Å². The molecular formula is C95H168N4O23. The second kappa shape index (κ2) is 44.4. The van der Waals surface area contributed by atoms with Crippen LogP contribution in [0, 0.1) is 112 Å². The van der Waals surface area contributed by atoms with Crippen molar-refractivity contribution in [3.63, 3.8) is 0 Å². The van der Waals surface area contributed by atoms with Crippen LogP contribution < -0.4 is 21.3 Å². The molecule has 706 valence electrons. The lowest BCUT2D eigenvalue weighted by atomic mass is 9.78. The SMILES string of the molecule is CCC1OC(OC2C(CC)OC(OCC3OC(OC4C(CC)OC(OCC5OC(OC6C(C)OC(C)C(C)C6C)C(C)C(OC6OC(CC)C(C)C(OC7OC(CC)C(C)C(C)C7C)C6NC(C)=O)C5C)C(NC(C)=O)C4C)C(C)C(OC4OC(CC)C(C)C(OC5OC(CC)C(C)C(C)C5C)C4NC(C)=O)C3C)C(NC(C)=O)C2C)C(C)C(C)C1C. The molecule has 27 heteroatoms. The zero-order valence-corrected chi connectivity index (χ0v) is 80.6. The highest BCUT2D eigenvalue weighted by atomic mass is 16.8. The molecule has 0 radical (unpaired) electrons. The predicted octanol–water partition coefficient (Wildman–Crippen LogP) is 14.0. The van der Waals surface area contributed by atoms with Gasteiger partial charge in [-0.05, 0) is 106 Å². The number of carbonyl (C=O) groups is 4. The highest BCUT2D eigenvalue weighted by molar-refractivity contribution is 5.74. The molecule has 50 atom stereocenters. The molecule has 4 N–H and O–H groups in total. The van der Waals surface area contributed by atoms with Gasteiger partial charge in [-0.1, -0.05) is 180 Å². The highest BCUT2D eigenvalue weighted by Crippen LogP contribution is 2.49. The van der Waals surface area contributed by atoms with Crippen LogP contribution in [0.5, 0.6) is 0 Å². The van der Waals surface area contributed by atoms with Gasteiger partial charge in [-0.25, -0.2) is 0 Å². The number of ether oxygens (including phenoxy) is 19. The van der Waals surface area contributed by atoms with Gasteiger partial charge in [0.25, 0.3) is 0 Å². The minimum Gasteiger partial charge on any atom is -0.373 e. The summed E-state index contributed by atoms with van der Waals surface area (Å²) in [7, 11) is 0. The molecule has 10 rings (SSSR count). The second-order valence-electron chi connectivity index (χ2n) is 39.9. The quantitative estimate of drug-likeness (QED) is 0.0501. The Balaban J connectivity index is 0.954. The lowest BCUT2D eigenvalue weighted by Gasteiger charge is -2.53. The van der Waals surface area contributed by atoms with Crippen molar-refractivity contribution in [1.29, 1.82) is 0 Å². The van der Waals surface area contributed by atoms with Gasteiger partial charge in [0.15, 0.2) is 56.6 Å². The number of carbonyl (C=O) groups excluding carboxylic acids is 4. The van der Waals surface area contributed by atoms with Crippen molar-refractivity contribution in [2.75, 3.05) is 13.2 Å². The average molecular weight is 1730 g/mol. The summed E-state index contributed by atoms with van der Waals surface area (Å²) in [5.41, 5.74) is 0. The normalized spacial score (nSPS) is 49.7. The topological polar surface area (TPSA) is 292 Å². The molecule has 10 saturated heterocycles. The molecule has 50 unspecified atom stereocenters. The highest BCUT2D eigenvalue weighted by Gasteiger charge is 2.59. The zero-order chi connectivity index (χ0) is 89.8. The molecule has 4 amide bonds. The van der Waals surface area contributed by atoms with Crippen LogP contribution in [0.2, 0.25) is 0 Å². The van der Waals surface area contributed by atoms with Gasteiger partial charge in [0, 0.05) is 92.8 Å². The Morgan fingerprint density at radius 2 is 0.451 bits per heavy atom. The fraction of sp³-hybridized carbons (Fsp3) is 0.958. The van der Waals surface area contributed by atoms with E-state index in [1.807, 2.05) is 20.8 Å². The molecular weight excluding hydrogens is 1570 g/mol. The maximum atomic E-state index is 13.9. The summed E-state index contributed by atoms with van der Waals surface area (Å²) in [5, 5.41) is 13.0. The minimum absolute atomic E-state index is 0.00998. The molecule has 27 nitrogen and oxygen atoms in total. The van der Waals surface area contributed by atoms with Crippen LogP contribution in [-0.4, -0.2) is 227 Å². The van der Waals surface area contributed by atoms with E-state index in [0.717, 1.165) is 19.3 Å². The minimum atomic E-state index is -1.02. The second-order valence-corrected chi connectivity index (χ2v) is 39.9. The number of nitrogens with one attached hydrogen (secondary N) is 4. The summed E-state index contributed by atoms with van der Waals surface area (Å²) < 4.78 is 136. The number of rotatable bonds is 31. The molecule has 0 spiro atoms. The Kier molecular flexibility index (Phi) is 36.8. The molecule has 10 aliphatic heterocycles. The largest absolute Gasteiger partial charge is 0.373 e. The molecule has 10 heterocycles. The van der Waals surface area contributed by atoms with Crippen LogP contribution in [-0.2, 0) is 109 Å².